The number of ether oxygens (including phenoxy) is 1. The monoisotopic (exact) mass is 298 g/mol. The molecule has 0 bridgehead atoms. The Morgan fingerprint density at radius 2 is 2.19 bits per heavy atom. The quantitative estimate of drug-likeness (QED) is 0.842. The largest absolute Gasteiger partial charge is 0.389 e. The highest BCUT2D eigenvalue weighted by Crippen LogP contribution is 2.19. The SMILES string of the molecule is CC(C)CN(Cc1ncccc1F)[C@@H]1COC[C@@H](O)[C@H]1O. The van der Waals surface area contributed by atoms with Crippen LogP contribution in [0.1, 0.15) is 19.5 Å². The zero-order chi connectivity index (χ0) is 15.4. The van der Waals surface area contributed by atoms with Gasteiger partial charge >= 0.3 is 0 Å². The molecule has 0 aromatic carbocycles. The van der Waals surface area contributed by atoms with Crippen molar-refractivity contribution >= 4 is 0 Å². The number of aliphatic hydroxyl groups excluding tert-OH is 2. The first-order valence-corrected chi connectivity index (χ1v) is 7.26. The van der Waals surface area contributed by atoms with Crippen LogP contribution in [0, 0.1) is 11.7 Å². The third-order valence-electron chi connectivity index (χ3n) is 3.62. The summed E-state index contributed by atoms with van der Waals surface area (Å²) in [4.78, 5) is 6.00. The van der Waals surface area contributed by atoms with E-state index < -0.39 is 12.2 Å². The van der Waals surface area contributed by atoms with Gasteiger partial charge in [0.2, 0.25) is 0 Å². The van der Waals surface area contributed by atoms with Crippen molar-refractivity contribution in [1.29, 1.82) is 0 Å². The summed E-state index contributed by atoms with van der Waals surface area (Å²) in [6.45, 7) is 5.49. The van der Waals surface area contributed by atoms with E-state index >= 15 is 0 Å². The second-order valence-corrected chi connectivity index (χ2v) is 5.92. The fourth-order valence-electron chi connectivity index (χ4n) is 2.60. The van der Waals surface area contributed by atoms with Crippen LogP contribution in [0.5, 0.6) is 0 Å². The Bertz CT molecular complexity index is 458. The van der Waals surface area contributed by atoms with E-state index in [-0.39, 0.29) is 25.0 Å². The first-order valence-electron chi connectivity index (χ1n) is 7.26. The van der Waals surface area contributed by atoms with Crippen LogP contribution in [0.25, 0.3) is 0 Å². The smallest absolute Gasteiger partial charge is 0.146 e. The summed E-state index contributed by atoms with van der Waals surface area (Å²) < 4.78 is 19.1. The number of rotatable bonds is 5. The van der Waals surface area contributed by atoms with Gasteiger partial charge in [0.1, 0.15) is 11.9 Å². The molecular weight excluding hydrogens is 275 g/mol. The maximum Gasteiger partial charge on any atom is 0.146 e. The number of aromatic nitrogens is 1. The lowest BCUT2D eigenvalue weighted by molar-refractivity contribution is -0.135. The second-order valence-electron chi connectivity index (χ2n) is 5.92. The van der Waals surface area contributed by atoms with Crippen LogP contribution in [-0.4, -0.2) is 58.1 Å². The molecule has 1 aliphatic heterocycles. The molecule has 1 aliphatic rings. The van der Waals surface area contributed by atoms with Crippen LogP contribution in [0.4, 0.5) is 4.39 Å². The zero-order valence-electron chi connectivity index (χ0n) is 12.4. The molecular formula is C15H23FN2O3. The van der Waals surface area contributed by atoms with Gasteiger partial charge in [0.25, 0.3) is 0 Å². The molecule has 0 amide bonds. The minimum atomic E-state index is -0.910. The third-order valence-corrected chi connectivity index (χ3v) is 3.62. The summed E-state index contributed by atoms with van der Waals surface area (Å²) in [6.07, 6.45) is -0.259. The van der Waals surface area contributed by atoms with Crippen molar-refractivity contribution < 1.29 is 19.3 Å². The van der Waals surface area contributed by atoms with Crippen molar-refractivity contribution in [2.24, 2.45) is 5.92 Å². The Hall–Kier alpha value is -1.08. The minimum Gasteiger partial charge on any atom is -0.389 e. The molecule has 1 aromatic heterocycles. The molecule has 118 valence electrons. The number of pyridine rings is 1. The first-order chi connectivity index (χ1) is 9.99. The number of halogens is 1. The molecule has 3 atom stereocenters. The standard InChI is InChI=1S/C15H23FN2O3/c1-10(2)6-18(7-12-11(16)4-3-5-17-12)13-8-21-9-14(19)15(13)20/h3-5,10,13-15,19-20H,6-9H2,1-2H3/t13-,14-,15+/m1/s1. The molecule has 0 spiro atoms. The Balaban J connectivity index is 2.16. The third kappa shape index (κ3) is 4.20. The van der Waals surface area contributed by atoms with Crippen molar-refractivity contribution in [2.45, 2.75) is 38.6 Å². The van der Waals surface area contributed by atoms with E-state index in [0.717, 1.165) is 0 Å². The van der Waals surface area contributed by atoms with Crippen LogP contribution >= 0.6 is 0 Å². The summed E-state index contributed by atoms with van der Waals surface area (Å²) in [5.41, 5.74) is 0.338. The van der Waals surface area contributed by atoms with Gasteiger partial charge in [0.05, 0.1) is 31.1 Å². The predicted octanol–water partition coefficient (Wildman–Crippen LogP) is 0.799. The molecule has 1 fully saturated rings. The Morgan fingerprint density at radius 1 is 1.43 bits per heavy atom. The van der Waals surface area contributed by atoms with Crippen molar-refractivity contribution in [3.05, 3.63) is 29.8 Å². The molecule has 0 radical (unpaired) electrons. The summed E-state index contributed by atoms with van der Waals surface area (Å²) >= 11 is 0. The highest BCUT2D eigenvalue weighted by molar-refractivity contribution is 5.07. The van der Waals surface area contributed by atoms with Crippen LogP contribution in [-0.2, 0) is 11.3 Å². The highest BCUT2D eigenvalue weighted by Gasteiger charge is 2.35. The van der Waals surface area contributed by atoms with E-state index in [9.17, 15) is 14.6 Å². The summed E-state index contributed by atoms with van der Waals surface area (Å²) in [6, 6.07) is 2.56. The maximum absolute atomic E-state index is 13.8. The van der Waals surface area contributed by atoms with E-state index in [1.165, 1.54) is 6.07 Å². The van der Waals surface area contributed by atoms with Gasteiger partial charge in [0, 0.05) is 19.3 Å². The molecule has 5 nitrogen and oxygen atoms in total. The van der Waals surface area contributed by atoms with Crippen molar-refractivity contribution in [3.8, 4) is 0 Å². The lowest BCUT2D eigenvalue weighted by Crippen LogP contribution is -2.56. The number of nitrogens with zero attached hydrogens (tertiary/aromatic N) is 2. The van der Waals surface area contributed by atoms with Crippen LogP contribution in [0.2, 0.25) is 0 Å². The second kappa shape index (κ2) is 7.26. The van der Waals surface area contributed by atoms with E-state index in [1.54, 1.807) is 12.3 Å². The van der Waals surface area contributed by atoms with Gasteiger partial charge in [-0.3, -0.25) is 9.88 Å². The van der Waals surface area contributed by atoms with Gasteiger partial charge in [0.15, 0.2) is 0 Å². The van der Waals surface area contributed by atoms with Crippen LogP contribution in [0.15, 0.2) is 18.3 Å². The number of hydrogen-bond acceptors (Lipinski definition) is 5. The molecule has 0 saturated carbocycles. The lowest BCUT2D eigenvalue weighted by atomic mass is 10.0. The average molecular weight is 298 g/mol. The van der Waals surface area contributed by atoms with Crippen molar-refractivity contribution in [2.75, 3.05) is 19.8 Å². The molecule has 0 unspecified atom stereocenters. The molecule has 6 heteroatoms. The molecule has 2 rings (SSSR count). The Kier molecular flexibility index (Phi) is 5.64. The molecule has 1 saturated heterocycles. The maximum atomic E-state index is 13.8. The Labute approximate surface area is 124 Å². The molecule has 21 heavy (non-hydrogen) atoms. The first kappa shape index (κ1) is 16.3. The molecule has 1 aromatic rings. The van der Waals surface area contributed by atoms with E-state index in [4.69, 9.17) is 4.74 Å². The molecule has 2 heterocycles. The highest BCUT2D eigenvalue weighted by atomic mass is 19.1. The van der Waals surface area contributed by atoms with Crippen LogP contribution in [0.3, 0.4) is 0 Å². The summed E-state index contributed by atoms with van der Waals surface area (Å²) in [7, 11) is 0. The lowest BCUT2D eigenvalue weighted by Gasteiger charge is -2.40. The number of hydrogen-bond donors (Lipinski definition) is 2. The normalized spacial score (nSPS) is 26.5. The number of aliphatic hydroxyl groups is 2. The van der Waals surface area contributed by atoms with Gasteiger partial charge in [-0.05, 0) is 18.1 Å². The summed E-state index contributed by atoms with van der Waals surface area (Å²) in [5.74, 6) is -0.0268. The topological polar surface area (TPSA) is 65.8 Å². The zero-order valence-corrected chi connectivity index (χ0v) is 12.4. The average Bonchev–Trinajstić information content (AvgIpc) is 2.43. The van der Waals surface area contributed by atoms with E-state index in [2.05, 4.69) is 4.98 Å². The molecule has 2 N–H and O–H groups in total. The van der Waals surface area contributed by atoms with E-state index in [1.807, 2.05) is 18.7 Å². The van der Waals surface area contributed by atoms with Gasteiger partial charge < -0.3 is 14.9 Å². The fraction of sp³-hybridized carbons (Fsp3) is 0.667. The summed E-state index contributed by atoms with van der Waals surface area (Å²) in [5, 5.41) is 19.9. The van der Waals surface area contributed by atoms with Gasteiger partial charge in [-0.15, -0.1) is 0 Å². The Morgan fingerprint density at radius 3 is 2.86 bits per heavy atom. The van der Waals surface area contributed by atoms with Crippen molar-refractivity contribution in [3.63, 3.8) is 0 Å². The minimum absolute atomic E-state index is 0.130. The van der Waals surface area contributed by atoms with Crippen LogP contribution < -0.4 is 0 Å². The van der Waals surface area contributed by atoms with Gasteiger partial charge in [-0.1, -0.05) is 13.8 Å². The van der Waals surface area contributed by atoms with E-state index in [0.29, 0.717) is 24.8 Å². The fourth-order valence-corrected chi connectivity index (χ4v) is 2.60. The van der Waals surface area contributed by atoms with Gasteiger partial charge in [-0.2, -0.15) is 0 Å². The van der Waals surface area contributed by atoms with Crippen molar-refractivity contribution in [1.82, 2.24) is 9.88 Å². The van der Waals surface area contributed by atoms with Gasteiger partial charge in [-0.25, -0.2) is 4.39 Å². The predicted molar refractivity (Wildman–Crippen MR) is 76.1 cm³/mol. The molecule has 0 aliphatic carbocycles.